The maximum absolute atomic E-state index is 10.7. The lowest BCUT2D eigenvalue weighted by atomic mass is 9.96. The van der Waals surface area contributed by atoms with E-state index in [1.165, 1.54) is 11.3 Å². The maximum atomic E-state index is 10.7. The maximum Gasteiger partial charge on any atom is 0.309 e. The fraction of sp³-hybridized carbons (Fsp3) is 0.500. The van der Waals surface area contributed by atoms with Crippen molar-refractivity contribution in [3.8, 4) is 0 Å². The molecule has 1 N–H and O–H groups in total. The minimum absolute atomic E-state index is 0.131. The van der Waals surface area contributed by atoms with E-state index in [0.717, 1.165) is 5.56 Å². The third-order valence-electron chi connectivity index (χ3n) is 2.94. The number of hydrogen-bond acceptors (Lipinski definition) is 3. The molecule has 3 nitrogen and oxygen atoms in total. The van der Waals surface area contributed by atoms with Crippen LogP contribution in [0.25, 0.3) is 0 Å². The van der Waals surface area contributed by atoms with Crippen molar-refractivity contribution < 1.29 is 9.90 Å². The van der Waals surface area contributed by atoms with E-state index in [4.69, 9.17) is 28.3 Å². The molecule has 1 fully saturated rings. The standard InChI is InChI=1S/C10H11Cl2NO2S/c1-5(7-2-8(11)16-9(7)12)13-3-6(4-13)10(14)15/h2,5-6H,3-4H2,1H3,(H,14,15). The lowest BCUT2D eigenvalue weighted by molar-refractivity contribution is -0.148. The summed E-state index contributed by atoms with van der Waals surface area (Å²) in [4.78, 5) is 12.8. The molecular weight excluding hydrogens is 269 g/mol. The number of halogens is 2. The number of carboxylic acids is 1. The van der Waals surface area contributed by atoms with Gasteiger partial charge in [0.2, 0.25) is 0 Å². The van der Waals surface area contributed by atoms with E-state index in [-0.39, 0.29) is 12.0 Å². The highest BCUT2D eigenvalue weighted by Crippen LogP contribution is 2.39. The second kappa shape index (κ2) is 4.53. The summed E-state index contributed by atoms with van der Waals surface area (Å²) in [6, 6.07) is 1.99. The zero-order valence-electron chi connectivity index (χ0n) is 8.61. The van der Waals surface area contributed by atoms with Crippen LogP contribution in [0.15, 0.2) is 6.07 Å². The van der Waals surface area contributed by atoms with Crippen LogP contribution in [-0.2, 0) is 4.79 Å². The van der Waals surface area contributed by atoms with E-state index in [1.807, 2.05) is 13.0 Å². The van der Waals surface area contributed by atoms with Gasteiger partial charge in [-0.15, -0.1) is 11.3 Å². The lowest BCUT2D eigenvalue weighted by Gasteiger charge is -2.41. The van der Waals surface area contributed by atoms with Gasteiger partial charge in [-0.25, -0.2) is 0 Å². The van der Waals surface area contributed by atoms with E-state index in [1.54, 1.807) is 0 Å². The van der Waals surface area contributed by atoms with Crippen LogP contribution < -0.4 is 0 Å². The summed E-state index contributed by atoms with van der Waals surface area (Å²) in [5.74, 6) is -0.965. The summed E-state index contributed by atoms with van der Waals surface area (Å²) in [6.07, 6.45) is 0. The third kappa shape index (κ3) is 2.20. The Balaban J connectivity index is 2.02. The summed E-state index contributed by atoms with van der Waals surface area (Å²) in [5.41, 5.74) is 0.987. The average Bonchev–Trinajstić information content (AvgIpc) is 2.41. The summed E-state index contributed by atoms with van der Waals surface area (Å²) < 4.78 is 1.36. The number of rotatable bonds is 3. The molecule has 1 unspecified atom stereocenters. The average molecular weight is 280 g/mol. The topological polar surface area (TPSA) is 40.5 Å². The Kier molecular flexibility index (Phi) is 3.45. The van der Waals surface area contributed by atoms with Crippen LogP contribution in [0.3, 0.4) is 0 Å². The van der Waals surface area contributed by atoms with E-state index in [0.29, 0.717) is 21.8 Å². The largest absolute Gasteiger partial charge is 0.481 e. The van der Waals surface area contributed by atoms with Crippen molar-refractivity contribution in [2.24, 2.45) is 5.92 Å². The van der Waals surface area contributed by atoms with Gasteiger partial charge in [-0.2, -0.15) is 0 Å². The van der Waals surface area contributed by atoms with Crippen LogP contribution in [0.5, 0.6) is 0 Å². The van der Waals surface area contributed by atoms with Gasteiger partial charge in [-0.3, -0.25) is 9.69 Å². The molecule has 2 heterocycles. The number of likely N-dealkylation sites (tertiary alicyclic amines) is 1. The summed E-state index contributed by atoms with van der Waals surface area (Å²) in [7, 11) is 0. The smallest absolute Gasteiger partial charge is 0.309 e. The molecule has 16 heavy (non-hydrogen) atoms. The number of nitrogens with zero attached hydrogens (tertiary/aromatic N) is 1. The van der Waals surface area contributed by atoms with Crippen molar-refractivity contribution in [3.63, 3.8) is 0 Å². The Labute approximate surface area is 108 Å². The van der Waals surface area contributed by atoms with E-state index in [9.17, 15) is 4.79 Å². The number of carboxylic acid groups (broad SMARTS) is 1. The van der Waals surface area contributed by atoms with Gasteiger partial charge in [0.05, 0.1) is 14.6 Å². The second-order valence-corrected chi connectivity index (χ2v) is 6.23. The predicted molar refractivity (Wildman–Crippen MR) is 65.5 cm³/mol. The number of aliphatic carboxylic acids is 1. The fourth-order valence-electron chi connectivity index (χ4n) is 1.82. The van der Waals surface area contributed by atoms with Crippen molar-refractivity contribution in [1.82, 2.24) is 4.90 Å². The van der Waals surface area contributed by atoms with Crippen molar-refractivity contribution in [2.75, 3.05) is 13.1 Å². The monoisotopic (exact) mass is 279 g/mol. The molecule has 2 rings (SSSR count). The van der Waals surface area contributed by atoms with Crippen molar-refractivity contribution in [3.05, 3.63) is 20.3 Å². The van der Waals surface area contributed by atoms with Crippen LogP contribution in [0.4, 0.5) is 0 Å². The van der Waals surface area contributed by atoms with Gasteiger partial charge in [-0.05, 0) is 13.0 Å². The van der Waals surface area contributed by atoms with Gasteiger partial charge in [0.15, 0.2) is 0 Å². The first-order valence-corrected chi connectivity index (χ1v) is 6.48. The highest BCUT2D eigenvalue weighted by molar-refractivity contribution is 7.20. The Morgan fingerprint density at radius 2 is 2.25 bits per heavy atom. The predicted octanol–water partition coefficient (Wildman–Crippen LogP) is 3.13. The third-order valence-corrected chi connectivity index (χ3v) is 4.46. The first-order chi connectivity index (χ1) is 7.49. The fourth-order valence-corrected chi connectivity index (χ4v) is 3.45. The molecule has 1 aliphatic rings. The molecule has 6 heteroatoms. The number of carbonyl (C=O) groups is 1. The molecule has 1 saturated heterocycles. The van der Waals surface area contributed by atoms with Crippen LogP contribution >= 0.6 is 34.5 Å². The second-order valence-electron chi connectivity index (χ2n) is 3.94. The lowest BCUT2D eigenvalue weighted by Crippen LogP contribution is -2.51. The van der Waals surface area contributed by atoms with Crippen LogP contribution in [0.2, 0.25) is 8.67 Å². The van der Waals surface area contributed by atoms with E-state index in [2.05, 4.69) is 4.90 Å². The summed E-state index contributed by atoms with van der Waals surface area (Å²) in [6.45, 7) is 3.18. The normalized spacial score (nSPS) is 19.4. The minimum atomic E-state index is -0.724. The number of hydrogen-bond donors (Lipinski definition) is 1. The zero-order chi connectivity index (χ0) is 11.9. The Bertz CT molecular complexity index is 415. The molecule has 0 spiro atoms. The molecule has 0 saturated carbocycles. The van der Waals surface area contributed by atoms with Gasteiger partial charge >= 0.3 is 5.97 Å². The molecule has 88 valence electrons. The van der Waals surface area contributed by atoms with Crippen molar-refractivity contribution >= 4 is 40.5 Å². The molecule has 0 aromatic carbocycles. The van der Waals surface area contributed by atoms with Crippen LogP contribution in [-0.4, -0.2) is 29.1 Å². The highest BCUT2D eigenvalue weighted by atomic mass is 35.5. The summed E-state index contributed by atoms with van der Waals surface area (Å²) >= 11 is 13.3. The van der Waals surface area contributed by atoms with Gasteiger partial charge in [0, 0.05) is 24.7 Å². The van der Waals surface area contributed by atoms with Gasteiger partial charge in [-0.1, -0.05) is 23.2 Å². The van der Waals surface area contributed by atoms with E-state index >= 15 is 0 Å². The van der Waals surface area contributed by atoms with E-state index < -0.39 is 5.97 Å². The molecule has 0 radical (unpaired) electrons. The molecule has 1 atom stereocenters. The first-order valence-electron chi connectivity index (χ1n) is 4.90. The first kappa shape index (κ1) is 12.2. The quantitative estimate of drug-likeness (QED) is 0.924. The SMILES string of the molecule is CC(c1cc(Cl)sc1Cl)N1CC(C(=O)O)C1. The van der Waals surface area contributed by atoms with Gasteiger partial charge in [0.1, 0.15) is 0 Å². The molecule has 1 aliphatic heterocycles. The summed E-state index contributed by atoms with van der Waals surface area (Å²) in [5, 5.41) is 8.79. The van der Waals surface area contributed by atoms with Crippen molar-refractivity contribution in [2.45, 2.75) is 13.0 Å². The molecule has 0 bridgehead atoms. The highest BCUT2D eigenvalue weighted by Gasteiger charge is 2.36. The van der Waals surface area contributed by atoms with Gasteiger partial charge in [0.25, 0.3) is 0 Å². The Morgan fingerprint density at radius 3 is 2.69 bits per heavy atom. The minimum Gasteiger partial charge on any atom is -0.481 e. The molecule has 0 amide bonds. The van der Waals surface area contributed by atoms with Crippen LogP contribution in [0.1, 0.15) is 18.5 Å². The molecule has 0 aliphatic carbocycles. The van der Waals surface area contributed by atoms with Crippen molar-refractivity contribution in [1.29, 1.82) is 0 Å². The number of thiophene rings is 1. The molecular formula is C10H11Cl2NO2S. The van der Waals surface area contributed by atoms with Crippen LogP contribution in [0, 0.1) is 5.92 Å². The Hall–Kier alpha value is -0.290. The molecule has 1 aromatic heterocycles. The Morgan fingerprint density at radius 1 is 1.62 bits per heavy atom. The van der Waals surface area contributed by atoms with Gasteiger partial charge < -0.3 is 5.11 Å². The molecule has 1 aromatic rings. The zero-order valence-corrected chi connectivity index (χ0v) is 10.9.